The topological polar surface area (TPSA) is 54.5 Å². The molecule has 1 aliphatic carbocycles. The van der Waals surface area contributed by atoms with Crippen molar-refractivity contribution >= 4 is 11.6 Å². The van der Waals surface area contributed by atoms with E-state index >= 15 is 0 Å². The van der Waals surface area contributed by atoms with Crippen LogP contribution >= 0.6 is 0 Å². The van der Waals surface area contributed by atoms with Gasteiger partial charge in [-0.25, -0.2) is 0 Å². The minimum atomic E-state index is 0.160. The first-order valence-corrected chi connectivity index (χ1v) is 11.1. The minimum absolute atomic E-state index is 0.160. The summed E-state index contributed by atoms with van der Waals surface area (Å²) >= 11 is 0. The average molecular weight is 408 g/mol. The second-order valence-corrected chi connectivity index (χ2v) is 9.07. The number of morpholine rings is 1. The first-order chi connectivity index (χ1) is 14.4. The van der Waals surface area contributed by atoms with Gasteiger partial charge in [-0.1, -0.05) is 6.07 Å². The van der Waals surface area contributed by atoms with Gasteiger partial charge in [-0.2, -0.15) is 0 Å². The van der Waals surface area contributed by atoms with E-state index in [1.807, 2.05) is 13.8 Å². The van der Waals surface area contributed by atoms with Gasteiger partial charge in [0.25, 0.3) is 0 Å². The Morgan fingerprint density at radius 2 is 1.73 bits per heavy atom. The first kappa shape index (κ1) is 20.9. The maximum absolute atomic E-state index is 12.3. The first-order valence-electron chi connectivity index (χ1n) is 11.1. The third kappa shape index (κ3) is 5.20. The lowest BCUT2D eigenvalue weighted by molar-refractivity contribution is -0.121. The van der Waals surface area contributed by atoms with E-state index in [1.165, 1.54) is 24.1 Å². The van der Waals surface area contributed by atoms with E-state index in [4.69, 9.17) is 4.74 Å². The highest BCUT2D eigenvalue weighted by molar-refractivity contribution is 5.77. The largest absolute Gasteiger partial charge is 0.372 e. The summed E-state index contributed by atoms with van der Waals surface area (Å²) in [6.07, 6.45) is 3.42. The maximum atomic E-state index is 12.3. The Bertz CT molecular complexity index is 892. The molecule has 2 unspecified atom stereocenters. The fraction of sp³-hybridized carbons (Fsp3) is 0.520. The Balaban J connectivity index is 1.63. The second kappa shape index (κ2) is 8.76. The molecular formula is C25H33N3O2. The number of benzene rings is 1. The summed E-state index contributed by atoms with van der Waals surface area (Å²) in [6, 6.07) is 10.9. The van der Waals surface area contributed by atoms with Crippen LogP contribution in [0.25, 0.3) is 11.1 Å². The van der Waals surface area contributed by atoms with Crippen molar-refractivity contribution in [2.45, 2.75) is 65.7 Å². The summed E-state index contributed by atoms with van der Waals surface area (Å²) in [4.78, 5) is 19.3. The fourth-order valence-electron chi connectivity index (χ4n) is 4.44. The molecule has 4 rings (SSSR count). The van der Waals surface area contributed by atoms with E-state index in [0.29, 0.717) is 18.9 Å². The third-order valence-corrected chi connectivity index (χ3v) is 5.90. The van der Waals surface area contributed by atoms with Crippen LogP contribution in [-0.2, 0) is 16.1 Å². The van der Waals surface area contributed by atoms with Crippen LogP contribution in [0.2, 0.25) is 0 Å². The maximum Gasteiger partial charge on any atom is 0.220 e. The molecule has 30 heavy (non-hydrogen) atoms. The zero-order valence-corrected chi connectivity index (χ0v) is 18.6. The molecule has 1 saturated carbocycles. The van der Waals surface area contributed by atoms with Crippen LogP contribution in [0.3, 0.4) is 0 Å². The van der Waals surface area contributed by atoms with Crippen LogP contribution in [0.5, 0.6) is 0 Å². The van der Waals surface area contributed by atoms with Crippen LogP contribution in [0.4, 0.5) is 5.69 Å². The van der Waals surface area contributed by atoms with Crippen LogP contribution < -0.4 is 10.2 Å². The molecular weight excluding hydrogens is 374 g/mol. The monoisotopic (exact) mass is 407 g/mol. The van der Waals surface area contributed by atoms with Crippen molar-refractivity contribution in [1.29, 1.82) is 0 Å². The number of pyridine rings is 1. The second-order valence-electron chi connectivity index (χ2n) is 9.07. The van der Waals surface area contributed by atoms with Gasteiger partial charge >= 0.3 is 0 Å². The normalized spacial score (nSPS) is 21.5. The Labute approximate surface area is 179 Å². The highest BCUT2D eigenvalue weighted by atomic mass is 16.5. The summed E-state index contributed by atoms with van der Waals surface area (Å²) in [5, 5.41) is 3.16. The molecule has 2 aliphatic rings. The Morgan fingerprint density at radius 1 is 1.07 bits per heavy atom. The lowest BCUT2D eigenvalue weighted by Gasteiger charge is -2.38. The molecule has 160 valence electrons. The Kier molecular flexibility index (Phi) is 6.09. The van der Waals surface area contributed by atoms with E-state index in [2.05, 4.69) is 59.4 Å². The molecule has 1 saturated heterocycles. The molecule has 1 N–H and O–H groups in total. The predicted molar refractivity (Wildman–Crippen MR) is 121 cm³/mol. The number of nitrogens with zero attached hydrogens (tertiary/aromatic N) is 2. The number of hydrogen-bond acceptors (Lipinski definition) is 4. The van der Waals surface area contributed by atoms with Crippen molar-refractivity contribution in [3.63, 3.8) is 0 Å². The van der Waals surface area contributed by atoms with Crippen molar-refractivity contribution in [2.24, 2.45) is 5.92 Å². The summed E-state index contributed by atoms with van der Waals surface area (Å²) < 4.78 is 5.93. The van der Waals surface area contributed by atoms with E-state index < -0.39 is 0 Å². The number of aromatic nitrogens is 1. The lowest BCUT2D eigenvalue weighted by Crippen LogP contribution is -2.46. The number of anilines is 1. The molecule has 2 aromatic rings. The molecule has 1 aliphatic heterocycles. The molecule has 0 spiro atoms. The quantitative estimate of drug-likeness (QED) is 0.771. The summed E-state index contributed by atoms with van der Waals surface area (Å²) in [5.74, 6) is 0.757. The highest BCUT2D eigenvalue weighted by Crippen LogP contribution is 2.33. The Morgan fingerprint density at radius 3 is 2.37 bits per heavy atom. The van der Waals surface area contributed by atoms with Gasteiger partial charge in [0.05, 0.1) is 12.2 Å². The van der Waals surface area contributed by atoms with Crippen molar-refractivity contribution in [3.8, 4) is 11.1 Å². The molecule has 5 heteroatoms. The number of hydrogen-bond donors (Lipinski definition) is 1. The van der Waals surface area contributed by atoms with E-state index in [0.717, 1.165) is 35.6 Å². The van der Waals surface area contributed by atoms with Gasteiger partial charge in [-0.15, -0.1) is 0 Å². The van der Waals surface area contributed by atoms with Crippen LogP contribution in [0.15, 0.2) is 30.3 Å². The van der Waals surface area contributed by atoms with Crippen molar-refractivity contribution in [2.75, 3.05) is 18.0 Å². The van der Waals surface area contributed by atoms with E-state index in [1.54, 1.807) is 0 Å². The van der Waals surface area contributed by atoms with Crippen LogP contribution in [0, 0.1) is 19.8 Å². The number of amides is 1. The molecule has 1 aromatic heterocycles. The van der Waals surface area contributed by atoms with Gasteiger partial charge in [-0.3, -0.25) is 9.78 Å². The zero-order chi connectivity index (χ0) is 21.3. The highest BCUT2D eigenvalue weighted by Gasteiger charge is 2.26. The predicted octanol–water partition coefficient (Wildman–Crippen LogP) is 4.40. The third-order valence-electron chi connectivity index (χ3n) is 5.90. The number of nitrogens with one attached hydrogen (secondary N) is 1. The molecule has 0 radical (unpaired) electrons. The summed E-state index contributed by atoms with van der Waals surface area (Å²) in [7, 11) is 0. The van der Waals surface area contributed by atoms with Crippen molar-refractivity contribution in [1.82, 2.24) is 10.3 Å². The molecule has 1 aromatic carbocycles. The standard InChI is InChI=1S/C25H33N3O2/c1-16-9-22(10-17(2)27-16)21-7-8-24(28-14-18(3)30-19(4)15-28)23(12-21)13-26-25(29)11-20-5-6-20/h7-10,12,18-20H,5-6,11,13-15H2,1-4H3,(H,26,29). The van der Waals surface area contributed by atoms with Gasteiger partial charge < -0.3 is 15.0 Å². The summed E-state index contributed by atoms with van der Waals surface area (Å²) in [6.45, 7) is 10.6. The van der Waals surface area contributed by atoms with Gasteiger partial charge in [0.2, 0.25) is 5.91 Å². The number of rotatable bonds is 6. The number of carbonyl (C=O) groups is 1. The molecule has 0 bridgehead atoms. The number of ether oxygens (including phenoxy) is 1. The fourth-order valence-corrected chi connectivity index (χ4v) is 4.44. The number of carbonyl (C=O) groups excluding carboxylic acids is 1. The average Bonchev–Trinajstić information content (AvgIpc) is 3.48. The van der Waals surface area contributed by atoms with Gasteiger partial charge in [0.1, 0.15) is 0 Å². The zero-order valence-electron chi connectivity index (χ0n) is 18.6. The summed E-state index contributed by atoms with van der Waals surface area (Å²) in [5.41, 5.74) is 6.71. The molecule has 2 atom stereocenters. The molecule has 2 fully saturated rings. The molecule has 1 amide bonds. The van der Waals surface area contributed by atoms with E-state index in [-0.39, 0.29) is 18.1 Å². The van der Waals surface area contributed by atoms with Crippen LogP contribution in [-0.4, -0.2) is 36.2 Å². The van der Waals surface area contributed by atoms with Crippen molar-refractivity contribution in [3.05, 3.63) is 47.3 Å². The van der Waals surface area contributed by atoms with Gasteiger partial charge in [0.15, 0.2) is 0 Å². The molecule has 5 nitrogen and oxygen atoms in total. The van der Waals surface area contributed by atoms with Crippen molar-refractivity contribution < 1.29 is 9.53 Å². The van der Waals surface area contributed by atoms with Gasteiger partial charge in [-0.05, 0) is 87.4 Å². The smallest absolute Gasteiger partial charge is 0.220 e. The number of aryl methyl sites for hydroxylation is 2. The van der Waals surface area contributed by atoms with E-state index in [9.17, 15) is 4.79 Å². The SMILES string of the molecule is Cc1cc(-c2ccc(N3CC(C)OC(C)C3)c(CNC(=O)CC3CC3)c2)cc(C)n1. The Hall–Kier alpha value is -2.40. The minimum Gasteiger partial charge on any atom is -0.372 e. The molecule has 2 heterocycles. The van der Waals surface area contributed by atoms with Gasteiger partial charge in [0, 0.05) is 43.1 Å². The van der Waals surface area contributed by atoms with Crippen LogP contribution in [0.1, 0.15) is 50.1 Å². The lowest BCUT2D eigenvalue weighted by atomic mass is 10.00.